The van der Waals surface area contributed by atoms with Crippen LogP contribution in [0.25, 0.3) is 11.1 Å². The summed E-state index contributed by atoms with van der Waals surface area (Å²) in [6.45, 7) is 12.4. The Balaban J connectivity index is 0.000000200. The van der Waals surface area contributed by atoms with E-state index in [4.69, 9.17) is 34.8 Å². The molecule has 2 rings (SSSR count). The second-order valence-corrected chi connectivity index (χ2v) is 9.71. The Morgan fingerprint density at radius 3 is 1.30 bits per heavy atom. The molecule has 0 aliphatic heterocycles. The molecule has 0 bridgehead atoms. The van der Waals surface area contributed by atoms with Crippen LogP contribution >= 0.6 is 34.8 Å². The molecule has 0 aromatic heterocycles. The van der Waals surface area contributed by atoms with Gasteiger partial charge in [0.2, 0.25) is 3.79 Å². The van der Waals surface area contributed by atoms with Crippen molar-refractivity contribution in [1.29, 1.82) is 0 Å². The van der Waals surface area contributed by atoms with E-state index in [2.05, 4.69) is 41.5 Å². The smallest absolute Gasteiger partial charge is 0.216 e. The van der Waals surface area contributed by atoms with E-state index in [1.807, 2.05) is 18.2 Å². The number of alkyl halides is 3. The minimum Gasteiger partial charge on any atom is -0.392 e. The Labute approximate surface area is 137 Å². The van der Waals surface area contributed by atoms with Gasteiger partial charge in [-0.05, 0) is 40.2 Å². The Kier molecular flexibility index (Phi) is 5.14. The first-order valence-corrected chi connectivity index (χ1v) is 7.77. The van der Waals surface area contributed by atoms with Crippen LogP contribution in [0.5, 0.6) is 0 Å². The Morgan fingerprint density at radius 2 is 1.15 bits per heavy atom. The predicted molar refractivity (Wildman–Crippen MR) is 89.6 cm³/mol. The molecular formula is C16H23Cl3O. The van der Waals surface area contributed by atoms with Crippen LogP contribution in [0.3, 0.4) is 0 Å². The minimum atomic E-state index is -1.25. The maximum atomic E-state index is 9.72. The summed E-state index contributed by atoms with van der Waals surface area (Å²) >= 11 is 16.8. The van der Waals surface area contributed by atoms with Gasteiger partial charge in [-0.15, -0.1) is 0 Å². The van der Waals surface area contributed by atoms with E-state index in [-0.39, 0.29) is 16.9 Å². The third-order valence-electron chi connectivity index (χ3n) is 3.15. The molecule has 1 N–H and O–H groups in total. The highest BCUT2D eigenvalue weighted by Crippen LogP contribution is 2.46. The maximum Gasteiger partial charge on any atom is 0.216 e. The highest BCUT2D eigenvalue weighted by Gasteiger charge is 2.32. The molecule has 0 spiro atoms. The monoisotopic (exact) mass is 336 g/mol. The van der Waals surface area contributed by atoms with Crippen molar-refractivity contribution in [2.45, 2.75) is 51.4 Å². The van der Waals surface area contributed by atoms with Crippen LogP contribution in [0.15, 0.2) is 18.2 Å². The van der Waals surface area contributed by atoms with Gasteiger partial charge in [-0.2, -0.15) is 0 Å². The van der Waals surface area contributed by atoms with Crippen molar-refractivity contribution in [1.82, 2.24) is 0 Å². The number of fused-ring (bicyclic) bond motifs is 1. The lowest BCUT2D eigenvalue weighted by molar-refractivity contribution is -0.0229. The summed E-state index contributed by atoms with van der Waals surface area (Å²) in [5.74, 6) is 0. The second kappa shape index (κ2) is 5.68. The molecule has 1 nitrogen and oxygen atoms in total. The number of benzene rings is 1. The molecule has 0 saturated carbocycles. The first kappa shape index (κ1) is 18.1. The van der Waals surface area contributed by atoms with Crippen LogP contribution in [0.1, 0.15) is 47.1 Å². The molecular weight excluding hydrogens is 315 g/mol. The normalized spacial score (nSPS) is 13.9. The van der Waals surface area contributed by atoms with Gasteiger partial charge in [-0.1, -0.05) is 76.3 Å². The van der Waals surface area contributed by atoms with Gasteiger partial charge < -0.3 is 5.11 Å². The molecule has 0 heterocycles. The van der Waals surface area contributed by atoms with Crippen LogP contribution in [0.2, 0.25) is 0 Å². The van der Waals surface area contributed by atoms with Gasteiger partial charge in [0.25, 0.3) is 0 Å². The molecule has 2 aliphatic rings. The number of halogens is 3. The number of hydrogen-bond donors (Lipinski definition) is 1. The number of aliphatic hydroxyl groups excluding tert-OH is 1. The standard InChI is InChI=1S/C9H20O.C7H3Cl3/c1-8(2,3)7(10)9(4,5)6;8-7(9,10)6-2-4-1-5(4)3-6/h7,10H,1-6H3;1-3H. The largest absolute Gasteiger partial charge is 0.392 e. The molecule has 0 saturated heterocycles. The molecule has 0 fully saturated rings. The van der Waals surface area contributed by atoms with Crippen molar-refractivity contribution < 1.29 is 5.11 Å². The fourth-order valence-electron chi connectivity index (χ4n) is 2.22. The molecule has 0 atom stereocenters. The average Bonchev–Trinajstić information content (AvgIpc) is 2.81. The van der Waals surface area contributed by atoms with Gasteiger partial charge >= 0.3 is 0 Å². The average molecular weight is 338 g/mol. The zero-order chi connectivity index (χ0) is 15.9. The lowest BCUT2D eigenvalue weighted by atomic mass is 9.74. The number of hydrogen-bond acceptors (Lipinski definition) is 1. The zero-order valence-corrected chi connectivity index (χ0v) is 15.2. The van der Waals surface area contributed by atoms with Gasteiger partial charge in [0, 0.05) is 5.56 Å². The van der Waals surface area contributed by atoms with Gasteiger partial charge in [-0.25, -0.2) is 0 Å². The summed E-state index contributed by atoms with van der Waals surface area (Å²) in [6, 6.07) is 5.82. The van der Waals surface area contributed by atoms with Crippen molar-refractivity contribution in [2.24, 2.45) is 10.8 Å². The molecule has 114 valence electrons. The summed E-state index contributed by atoms with van der Waals surface area (Å²) in [5, 5.41) is 9.72. The van der Waals surface area contributed by atoms with Crippen LogP contribution in [-0.2, 0) is 3.79 Å². The van der Waals surface area contributed by atoms with E-state index in [0.29, 0.717) is 0 Å². The molecule has 20 heavy (non-hydrogen) atoms. The lowest BCUT2D eigenvalue weighted by Gasteiger charge is -2.36. The Bertz CT molecular complexity index is 442. The first-order chi connectivity index (χ1) is 8.73. The van der Waals surface area contributed by atoms with Crippen LogP contribution < -0.4 is 0 Å². The summed E-state index contributed by atoms with van der Waals surface area (Å²) < 4.78 is -1.25. The third kappa shape index (κ3) is 5.11. The van der Waals surface area contributed by atoms with Crippen molar-refractivity contribution in [2.75, 3.05) is 0 Å². The highest BCUT2D eigenvalue weighted by molar-refractivity contribution is 6.66. The fourth-order valence-corrected chi connectivity index (χ4v) is 2.55. The minimum absolute atomic E-state index is 0.00174. The third-order valence-corrected chi connectivity index (χ3v) is 3.81. The topological polar surface area (TPSA) is 20.2 Å². The van der Waals surface area contributed by atoms with Crippen molar-refractivity contribution in [3.05, 3.63) is 23.8 Å². The van der Waals surface area contributed by atoms with E-state index in [0.717, 1.165) is 5.56 Å². The molecule has 0 unspecified atom stereocenters. The van der Waals surface area contributed by atoms with Crippen molar-refractivity contribution in [3.8, 4) is 11.1 Å². The van der Waals surface area contributed by atoms with Crippen LogP contribution in [0.4, 0.5) is 0 Å². The van der Waals surface area contributed by atoms with Gasteiger partial charge in [0.1, 0.15) is 0 Å². The fraction of sp³-hybridized carbons (Fsp3) is 0.625. The van der Waals surface area contributed by atoms with E-state index in [9.17, 15) is 5.11 Å². The molecule has 0 amide bonds. The quantitative estimate of drug-likeness (QED) is 0.590. The Morgan fingerprint density at radius 1 is 0.800 bits per heavy atom. The molecule has 0 radical (unpaired) electrons. The zero-order valence-electron chi connectivity index (χ0n) is 12.9. The maximum absolute atomic E-state index is 9.72. The summed E-state index contributed by atoms with van der Waals surface area (Å²) in [4.78, 5) is 0. The van der Waals surface area contributed by atoms with Gasteiger partial charge in [0.15, 0.2) is 0 Å². The van der Waals surface area contributed by atoms with E-state index >= 15 is 0 Å². The van der Waals surface area contributed by atoms with E-state index in [1.54, 1.807) is 0 Å². The van der Waals surface area contributed by atoms with Crippen LogP contribution in [0, 0.1) is 10.8 Å². The molecule has 0 aromatic carbocycles. The van der Waals surface area contributed by atoms with Crippen molar-refractivity contribution in [3.63, 3.8) is 0 Å². The van der Waals surface area contributed by atoms with Crippen molar-refractivity contribution >= 4 is 34.8 Å². The SMILES string of the molecule is CC(C)(C)C(O)C(C)(C)C.ClC(Cl)(Cl)c1cc2cc-2c1. The number of rotatable bonds is 0. The Hall–Kier alpha value is 0.0500. The van der Waals surface area contributed by atoms with Gasteiger partial charge in [-0.3, -0.25) is 0 Å². The second-order valence-electron chi connectivity index (χ2n) is 7.43. The van der Waals surface area contributed by atoms with E-state index < -0.39 is 3.79 Å². The molecule has 2 aliphatic carbocycles. The predicted octanol–water partition coefficient (Wildman–Crippen LogP) is 5.93. The number of aliphatic hydroxyl groups is 1. The molecule has 4 heteroatoms. The summed E-state index contributed by atoms with van der Waals surface area (Å²) in [5.41, 5.74) is 3.16. The first-order valence-electron chi connectivity index (χ1n) is 6.63. The summed E-state index contributed by atoms with van der Waals surface area (Å²) in [7, 11) is 0. The van der Waals surface area contributed by atoms with E-state index in [1.165, 1.54) is 11.1 Å². The molecule has 0 aromatic rings. The summed E-state index contributed by atoms with van der Waals surface area (Å²) in [6.07, 6.45) is -0.236. The van der Waals surface area contributed by atoms with Gasteiger partial charge in [0.05, 0.1) is 6.10 Å². The highest BCUT2D eigenvalue weighted by atomic mass is 35.6. The lowest BCUT2D eigenvalue weighted by Crippen LogP contribution is -2.37. The van der Waals surface area contributed by atoms with Crippen LogP contribution in [-0.4, -0.2) is 11.2 Å².